The summed E-state index contributed by atoms with van der Waals surface area (Å²) in [4.78, 5) is 24.7. The van der Waals surface area contributed by atoms with Crippen molar-refractivity contribution < 1.29 is 9.59 Å². The average molecular weight is 375 g/mol. The van der Waals surface area contributed by atoms with Crippen molar-refractivity contribution in [3.63, 3.8) is 0 Å². The van der Waals surface area contributed by atoms with Gasteiger partial charge in [0.2, 0.25) is 11.8 Å². The normalized spacial score (nSPS) is 13.4. The summed E-state index contributed by atoms with van der Waals surface area (Å²) in [5, 5.41) is 6.37. The second kappa shape index (κ2) is 7.93. The van der Waals surface area contributed by atoms with Crippen LogP contribution in [-0.4, -0.2) is 17.6 Å². The van der Waals surface area contributed by atoms with E-state index in [0.29, 0.717) is 16.5 Å². The maximum absolute atomic E-state index is 12.0. The van der Waals surface area contributed by atoms with E-state index in [9.17, 15) is 9.59 Å². The third kappa shape index (κ3) is 5.25. The lowest BCUT2D eigenvalue weighted by Gasteiger charge is -2.08. The average Bonchev–Trinajstić information content (AvgIpc) is 3.43. The lowest BCUT2D eigenvalue weighted by atomic mass is 10.2. The number of aryl methyl sites for hydroxylation is 1. The van der Waals surface area contributed by atoms with Gasteiger partial charge in [0.25, 0.3) is 0 Å². The monoisotopic (exact) mass is 374 g/mol. The summed E-state index contributed by atoms with van der Waals surface area (Å²) < 4.78 is 0. The van der Waals surface area contributed by atoms with Crippen LogP contribution in [0, 0.1) is 12.8 Å². The molecule has 0 unspecified atom stereocenters. The van der Waals surface area contributed by atoms with Gasteiger partial charge in [0.05, 0.1) is 5.75 Å². The Hall–Kier alpha value is -1.98. The molecule has 0 aliphatic heterocycles. The van der Waals surface area contributed by atoms with Crippen molar-refractivity contribution in [3.8, 4) is 0 Å². The number of halogens is 1. The van der Waals surface area contributed by atoms with Crippen LogP contribution in [0.25, 0.3) is 0 Å². The molecular weight excluding hydrogens is 356 g/mol. The first kappa shape index (κ1) is 17.8. The van der Waals surface area contributed by atoms with Gasteiger partial charge in [0.1, 0.15) is 0 Å². The van der Waals surface area contributed by atoms with Crippen LogP contribution in [0.4, 0.5) is 11.4 Å². The van der Waals surface area contributed by atoms with E-state index in [2.05, 4.69) is 10.6 Å². The molecule has 130 valence electrons. The molecule has 1 aliphatic rings. The maximum atomic E-state index is 12.0. The lowest BCUT2D eigenvalue weighted by Crippen LogP contribution is -2.14. The van der Waals surface area contributed by atoms with Crippen LogP contribution >= 0.6 is 23.4 Å². The number of nitrogens with one attached hydrogen (secondary N) is 2. The van der Waals surface area contributed by atoms with Gasteiger partial charge in [0.15, 0.2) is 0 Å². The number of anilines is 2. The second-order valence-corrected chi connectivity index (χ2v) is 7.54. The first-order chi connectivity index (χ1) is 12.0. The molecule has 0 radical (unpaired) electrons. The Morgan fingerprint density at radius 3 is 2.40 bits per heavy atom. The molecule has 6 heteroatoms. The SMILES string of the molecule is Cc1ccc(NC(=O)CSc2ccc(NC(=O)C3CC3)cc2)cc1Cl. The van der Waals surface area contributed by atoms with Gasteiger partial charge < -0.3 is 10.6 Å². The Labute approximate surface area is 156 Å². The zero-order valence-corrected chi connectivity index (χ0v) is 15.4. The highest BCUT2D eigenvalue weighted by molar-refractivity contribution is 8.00. The maximum Gasteiger partial charge on any atom is 0.234 e. The number of benzene rings is 2. The summed E-state index contributed by atoms with van der Waals surface area (Å²) >= 11 is 7.50. The quantitative estimate of drug-likeness (QED) is 0.719. The van der Waals surface area contributed by atoms with Gasteiger partial charge in [-0.1, -0.05) is 17.7 Å². The van der Waals surface area contributed by atoms with Crippen molar-refractivity contribution >= 4 is 46.6 Å². The van der Waals surface area contributed by atoms with Gasteiger partial charge >= 0.3 is 0 Å². The summed E-state index contributed by atoms with van der Waals surface area (Å²) in [6.45, 7) is 1.92. The van der Waals surface area contributed by atoms with E-state index in [4.69, 9.17) is 11.6 Å². The number of rotatable bonds is 6. The summed E-state index contributed by atoms with van der Waals surface area (Å²) in [5.41, 5.74) is 2.46. The van der Waals surface area contributed by atoms with E-state index in [1.165, 1.54) is 11.8 Å². The zero-order valence-electron chi connectivity index (χ0n) is 13.8. The minimum Gasteiger partial charge on any atom is -0.326 e. The number of thioether (sulfide) groups is 1. The Morgan fingerprint density at radius 1 is 1.08 bits per heavy atom. The van der Waals surface area contributed by atoms with Crippen LogP contribution in [0.3, 0.4) is 0 Å². The van der Waals surface area contributed by atoms with Crippen molar-refractivity contribution in [1.82, 2.24) is 0 Å². The van der Waals surface area contributed by atoms with Gasteiger partial charge in [-0.3, -0.25) is 9.59 Å². The Morgan fingerprint density at radius 2 is 1.76 bits per heavy atom. The van der Waals surface area contributed by atoms with E-state index in [0.717, 1.165) is 29.0 Å². The van der Waals surface area contributed by atoms with Crippen molar-refractivity contribution in [1.29, 1.82) is 0 Å². The molecule has 4 nitrogen and oxygen atoms in total. The summed E-state index contributed by atoms with van der Waals surface area (Å²) in [5.74, 6) is 0.500. The molecule has 0 atom stereocenters. The molecule has 25 heavy (non-hydrogen) atoms. The Kier molecular flexibility index (Phi) is 5.66. The number of carbonyl (C=O) groups is 2. The fourth-order valence-corrected chi connectivity index (χ4v) is 3.12. The van der Waals surface area contributed by atoms with Crippen LogP contribution in [0.1, 0.15) is 18.4 Å². The molecule has 0 spiro atoms. The summed E-state index contributed by atoms with van der Waals surface area (Å²) in [7, 11) is 0. The number of carbonyl (C=O) groups excluding carboxylic acids is 2. The Balaban J connectivity index is 1.48. The van der Waals surface area contributed by atoms with Crippen molar-refractivity contribution in [2.24, 2.45) is 5.92 Å². The van der Waals surface area contributed by atoms with E-state index in [1.54, 1.807) is 6.07 Å². The smallest absolute Gasteiger partial charge is 0.234 e. The lowest BCUT2D eigenvalue weighted by molar-refractivity contribution is -0.117. The minimum absolute atomic E-state index is 0.0870. The predicted octanol–water partition coefficient (Wildman–Crippen LogP) is 4.73. The zero-order chi connectivity index (χ0) is 17.8. The third-order valence-electron chi connectivity index (χ3n) is 3.90. The van der Waals surface area contributed by atoms with Crippen molar-refractivity contribution in [2.75, 3.05) is 16.4 Å². The van der Waals surface area contributed by atoms with Crippen LogP contribution in [0.5, 0.6) is 0 Å². The number of hydrogen-bond donors (Lipinski definition) is 2. The van der Waals surface area contributed by atoms with Crippen molar-refractivity contribution in [2.45, 2.75) is 24.7 Å². The Bertz CT molecular complexity index is 789. The molecule has 2 N–H and O–H groups in total. The first-order valence-electron chi connectivity index (χ1n) is 8.11. The molecule has 2 amide bonds. The molecule has 1 fully saturated rings. The number of hydrogen-bond acceptors (Lipinski definition) is 3. The highest BCUT2D eigenvalue weighted by atomic mass is 35.5. The molecule has 1 aliphatic carbocycles. The third-order valence-corrected chi connectivity index (χ3v) is 5.31. The molecule has 0 bridgehead atoms. The molecule has 2 aromatic rings. The largest absolute Gasteiger partial charge is 0.326 e. The minimum atomic E-state index is -0.0870. The van der Waals surface area contributed by atoms with E-state index in [1.807, 2.05) is 43.3 Å². The second-order valence-electron chi connectivity index (χ2n) is 6.09. The predicted molar refractivity (Wildman–Crippen MR) is 103 cm³/mol. The first-order valence-corrected chi connectivity index (χ1v) is 9.47. The fourth-order valence-electron chi connectivity index (χ4n) is 2.24. The number of amides is 2. The summed E-state index contributed by atoms with van der Waals surface area (Å²) in [6, 6.07) is 13.0. The van der Waals surface area contributed by atoms with Crippen molar-refractivity contribution in [3.05, 3.63) is 53.1 Å². The molecular formula is C19H19ClN2O2S. The van der Waals surface area contributed by atoms with Gasteiger partial charge in [-0.25, -0.2) is 0 Å². The van der Waals surface area contributed by atoms with Gasteiger partial charge in [-0.05, 0) is 61.7 Å². The topological polar surface area (TPSA) is 58.2 Å². The summed E-state index contributed by atoms with van der Waals surface area (Å²) in [6.07, 6.45) is 1.97. The van der Waals surface area contributed by atoms with Gasteiger partial charge in [0, 0.05) is 27.2 Å². The van der Waals surface area contributed by atoms with E-state index < -0.39 is 0 Å². The highest BCUT2D eigenvalue weighted by Crippen LogP contribution is 2.30. The highest BCUT2D eigenvalue weighted by Gasteiger charge is 2.29. The van der Waals surface area contributed by atoms with E-state index in [-0.39, 0.29) is 17.7 Å². The molecule has 1 saturated carbocycles. The molecule has 2 aromatic carbocycles. The molecule has 0 heterocycles. The molecule has 0 saturated heterocycles. The fraction of sp³-hybridized carbons (Fsp3) is 0.263. The van der Waals surface area contributed by atoms with Crippen LogP contribution in [0.15, 0.2) is 47.4 Å². The van der Waals surface area contributed by atoms with Gasteiger partial charge in [-0.2, -0.15) is 0 Å². The van der Waals surface area contributed by atoms with Crippen LogP contribution < -0.4 is 10.6 Å². The van der Waals surface area contributed by atoms with Crippen LogP contribution in [0.2, 0.25) is 5.02 Å². The van der Waals surface area contributed by atoms with Gasteiger partial charge in [-0.15, -0.1) is 11.8 Å². The van der Waals surface area contributed by atoms with E-state index >= 15 is 0 Å². The molecule has 3 rings (SSSR count). The van der Waals surface area contributed by atoms with Crippen LogP contribution in [-0.2, 0) is 9.59 Å². The standard InChI is InChI=1S/C19H19ClN2O2S/c1-12-2-5-15(10-17(12)20)21-18(23)11-25-16-8-6-14(7-9-16)22-19(24)13-3-4-13/h2,5-10,13H,3-4,11H2,1H3,(H,21,23)(H,22,24). The molecule has 0 aromatic heterocycles.